The van der Waals surface area contributed by atoms with Gasteiger partial charge in [0.25, 0.3) is 0 Å². The van der Waals surface area contributed by atoms with Crippen LogP contribution in [0.2, 0.25) is 0 Å². The van der Waals surface area contributed by atoms with Crippen LogP contribution in [-0.4, -0.2) is 12.7 Å². The zero-order chi connectivity index (χ0) is 8.27. The third-order valence-corrected chi connectivity index (χ3v) is 2.80. The van der Waals surface area contributed by atoms with Gasteiger partial charge in [-0.05, 0) is 31.6 Å². The van der Waals surface area contributed by atoms with E-state index in [-0.39, 0.29) is 0 Å². The first kappa shape index (κ1) is 9.05. The van der Waals surface area contributed by atoms with Gasteiger partial charge in [0.2, 0.25) is 0 Å². The average molecular weight is 156 g/mol. The molecule has 1 heteroatoms. The van der Waals surface area contributed by atoms with E-state index in [4.69, 9.17) is 4.74 Å². The van der Waals surface area contributed by atoms with Gasteiger partial charge in [-0.1, -0.05) is 20.3 Å². The van der Waals surface area contributed by atoms with E-state index in [2.05, 4.69) is 20.8 Å². The molecule has 1 nitrogen and oxygen atoms in total. The highest BCUT2D eigenvalue weighted by Gasteiger charge is 2.27. The van der Waals surface area contributed by atoms with Gasteiger partial charge in [0.05, 0.1) is 6.10 Å². The summed E-state index contributed by atoms with van der Waals surface area (Å²) in [7, 11) is 0. The smallest absolute Gasteiger partial charge is 0.0625 e. The molecule has 0 amide bonds. The van der Waals surface area contributed by atoms with Crippen LogP contribution in [0.4, 0.5) is 0 Å². The van der Waals surface area contributed by atoms with E-state index in [9.17, 15) is 0 Å². The maximum Gasteiger partial charge on any atom is 0.0625 e. The van der Waals surface area contributed by atoms with Crippen molar-refractivity contribution >= 4 is 0 Å². The topological polar surface area (TPSA) is 9.23 Å². The lowest BCUT2D eigenvalue weighted by molar-refractivity contribution is -0.0317. The van der Waals surface area contributed by atoms with Gasteiger partial charge in [0, 0.05) is 6.61 Å². The molecule has 66 valence electrons. The molecule has 11 heavy (non-hydrogen) atoms. The van der Waals surface area contributed by atoms with E-state index in [1.165, 1.54) is 19.3 Å². The third-order valence-electron chi connectivity index (χ3n) is 2.80. The van der Waals surface area contributed by atoms with Crippen LogP contribution in [0.25, 0.3) is 0 Å². The fraction of sp³-hybridized carbons (Fsp3) is 1.00. The van der Waals surface area contributed by atoms with Crippen LogP contribution in [0.15, 0.2) is 0 Å². The van der Waals surface area contributed by atoms with Gasteiger partial charge >= 0.3 is 0 Å². The lowest BCUT2D eigenvalue weighted by Gasteiger charge is -2.34. The summed E-state index contributed by atoms with van der Waals surface area (Å²) in [5.41, 5.74) is 0. The summed E-state index contributed by atoms with van der Waals surface area (Å²) in [6.07, 6.45) is 4.64. The van der Waals surface area contributed by atoms with Crippen molar-refractivity contribution < 1.29 is 4.74 Å². The van der Waals surface area contributed by atoms with Crippen LogP contribution in [0, 0.1) is 11.8 Å². The predicted octanol–water partition coefficient (Wildman–Crippen LogP) is 2.85. The number of hydrogen-bond donors (Lipinski definition) is 0. The lowest BCUT2D eigenvalue weighted by atomic mass is 9.81. The highest BCUT2D eigenvalue weighted by molar-refractivity contribution is 4.77. The first-order valence-electron chi connectivity index (χ1n) is 4.87. The fourth-order valence-corrected chi connectivity index (χ4v) is 2.17. The number of ether oxygens (including phenoxy) is 1. The van der Waals surface area contributed by atoms with Gasteiger partial charge in [-0.15, -0.1) is 0 Å². The van der Waals surface area contributed by atoms with Crippen LogP contribution in [0.5, 0.6) is 0 Å². The molecule has 0 aliphatic heterocycles. The molecular formula is C10H20O. The largest absolute Gasteiger partial charge is 0.378 e. The van der Waals surface area contributed by atoms with Gasteiger partial charge in [-0.25, -0.2) is 0 Å². The van der Waals surface area contributed by atoms with Gasteiger partial charge in [-0.2, -0.15) is 0 Å². The van der Waals surface area contributed by atoms with E-state index in [0.717, 1.165) is 18.4 Å². The van der Waals surface area contributed by atoms with Crippen molar-refractivity contribution in [1.82, 2.24) is 0 Å². The molecule has 0 aromatic heterocycles. The first-order valence-corrected chi connectivity index (χ1v) is 4.87. The standard InChI is InChI=1S/C10H20O/c1-4-11-10-8(2)6-5-7-9(10)3/h8-10H,4-7H2,1-3H3/t8-,9+,10?. The van der Waals surface area contributed by atoms with Crippen molar-refractivity contribution in [3.05, 3.63) is 0 Å². The first-order chi connectivity index (χ1) is 5.25. The van der Waals surface area contributed by atoms with Gasteiger partial charge < -0.3 is 4.74 Å². The molecule has 1 fully saturated rings. The highest BCUT2D eigenvalue weighted by Crippen LogP contribution is 2.30. The molecule has 1 unspecified atom stereocenters. The van der Waals surface area contributed by atoms with Crippen molar-refractivity contribution in [2.45, 2.75) is 46.1 Å². The normalized spacial score (nSPS) is 39.0. The molecule has 1 aliphatic carbocycles. The Morgan fingerprint density at radius 1 is 1.18 bits per heavy atom. The Labute approximate surface area is 70.1 Å². The SMILES string of the molecule is CCOC1[C@H](C)CCC[C@@H]1C. The monoisotopic (exact) mass is 156 g/mol. The summed E-state index contributed by atoms with van der Waals surface area (Å²) in [6.45, 7) is 7.60. The van der Waals surface area contributed by atoms with Crippen molar-refractivity contribution in [2.75, 3.05) is 6.61 Å². The van der Waals surface area contributed by atoms with Crippen molar-refractivity contribution in [3.63, 3.8) is 0 Å². The molecule has 3 atom stereocenters. The Morgan fingerprint density at radius 3 is 2.18 bits per heavy atom. The van der Waals surface area contributed by atoms with E-state index in [1.54, 1.807) is 0 Å². The summed E-state index contributed by atoms with van der Waals surface area (Å²) in [6, 6.07) is 0. The van der Waals surface area contributed by atoms with Gasteiger partial charge in [0.1, 0.15) is 0 Å². The van der Waals surface area contributed by atoms with Crippen LogP contribution in [0.3, 0.4) is 0 Å². The second-order valence-corrected chi connectivity index (χ2v) is 3.81. The highest BCUT2D eigenvalue weighted by atomic mass is 16.5. The molecular weight excluding hydrogens is 136 g/mol. The molecule has 0 aromatic rings. The van der Waals surface area contributed by atoms with Gasteiger partial charge in [0.15, 0.2) is 0 Å². The maximum atomic E-state index is 5.71. The van der Waals surface area contributed by atoms with Crippen LogP contribution >= 0.6 is 0 Å². The van der Waals surface area contributed by atoms with Crippen molar-refractivity contribution in [3.8, 4) is 0 Å². The fourth-order valence-electron chi connectivity index (χ4n) is 2.17. The molecule has 0 N–H and O–H groups in total. The van der Waals surface area contributed by atoms with Crippen molar-refractivity contribution in [2.24, 2.45) is 11.8 Å². The molecule has 0 spiro atoms. The zero-order valence-corrected chi connectivity index (χ0v) is 7.97. The van der Waals surface area contributed by atoms with Crippen LogP contribution in [0.1, 0.15) is 40.0 Å². The Morgan fingerprint density at radius 2 is 1.73 bits per heavy atom. The average Bonchev–Trinajstić information content (AvgIpc) is 1.97. The van der Waals surface area contributed by atoms with Crippen LogP contribution < -0.4 is 0 Å². The molecule has 0 heterocycles. The van der Waals surface area contributed by atoms with E-state index >= 15 is 0 Å². The Kier molecular flexibility index (Phi) is 3.38. The van der Waals surface area contributed by atoms with Crippen LogP contribution in [-0.2, 0) is 4.74 Å². The quantitative estimate of drug-likeness (QED) is 0.597. The molecule has 0 saturated heterocycles. The third kappa shape index (κ3) is 2.19. The lowest BCUT2D eigenvalue weighted by Crippen LogP contribution is -2.32. The second-order valence-electron chi connectivity index (χ2n) is 3.81. The summed E-state index contributed by atoms with van der Waals surface area (Å²) in [5, 5.41) is 0. The molecule has 0 aromatic carbocycles. The minimum Gasteiger partial charge on any atom is -0.378 e. The molecule has 1 rings (SSSR count). The Balaban J connectivity index is 2.41. The molecule has 1 aliphatic rings. The zero-order valence-electron chi connectivity index (χ0n) is 7.97. The Bertz CT molecular complexity index is 101. The molecule has 0 radical (unpaired) electrons. The molecule has 1 saturated carbocycles. The van der Waals surface area contributed by atoms with Crippen molar-refractivity contribution in [1.29, 1.82) is 0 Å². The minimum atomic E-state index is 0.536. The maximum absolute atomic E-state index is 5.71. The van der Waals surface area contributed by atoms with E-state index in [0.29, 0.717) is 6.10 Å². The summed E-state index contributed by atoms with van der Waals surface area (Å²) >= 11 is 0. The predicted molar refractivity (Wildman–Crippen MR) is 47.6 cm³/mol. The van der Waals surface area contributed by atoms with E-state index < -0.39 is 0 Å². The minimum absolute atomic E-state index is 0.536. The summed E-state index contributed by atoms with van der Waals surface area (Å²) in [5.74, 6) is 1.55. The molecule has 0 bridgehead atoms. The number of rotatable bonds is 2. The summed E-state index contributed by atoms with van der Waals surface area (Å²) in [4.78, 5) is 0. The Hall–Kier alpha value is -0.0400. The van der Waals surface area contributed by atoms with Gasteiger partial charge in [-0.3, -0.25) is 0 Å². The van der Waals surface area contributed by atoms with E-state index in [1.807, 2.05) is 0 Å². The number of hydrogen-bond acceptors (Lipinski definition) is 1. The summed E-state index contributed by atoms with van der Waals surface area (Å²) < 4.78 is 5.71. The second kappa shape index (κ2) is 4.10.